The van der Waals surface area contributed by atoms with Crippen molar-refractivity contribution < 1.29 is 14.6 Å². The molecule has 0 saturated heterocycles. The van der Waals surface area contributed by atoms with Crippen molar-refractivity contribution in [2.75, 3.05) is 25.1 Å². The second-order valence-corrected chi connectivity index (χ2v) is 4.54. The van der Waals surface area contributed by atoms with Crippen LogP contribution in [0.1, 0.15) is 32.6 Å². The van der Waals surface area contributed by atoms with Crippen molar-refractivity contribution in [2.45, 2.75) is 32.6 Å². The van der Waals surface area contributed by atoms with Crippen molar-refractivity contribution in [3.63, 3.8) is 0 Å². The molecular weight excluding hydrogens is 242 g/mol. The highest BCUT2D eigenvalue weighted by molar-refractivity contribution is 5.67. The normalized spacial score (nSPS) is 10.2. The van der Waals surface area contributed by atoms with Crippen molar-refractivity contribution >= 4 is 11.7 Å². The zero-order valence-corrected chi connectivity index (χ0v) is 11.8. The number of methoxy groups -OCH3 is 1. The van der Waals surface area contributed by atoms with Crippen molar-refractivity contribution in [3.05, 3.63) is 24.3 Å². The number of carboxylic acids is 1. The van der Waals surface area contributed by atoms with Crippen molar-refractivity contribution in [2.24, 2.45) is 0 Å². The Morgan fingerprint density at radius 1 is 1.21 bits per heavy atom. The summed E-state index contributed by atoms with van der Waals surface area (Å²) in [4.78, 5) is 12.8. The van der Waals surface area contributed by atoms with E-state index in [0.29, 0.717) is 6.54 Å². The molecule has 1 N–H and O–H groups in total. The van der Waals surface area contributed by atoms with Crippen LogP contribution >= 0.6 is 0 Å². The molecule has 1 rings (SSSR count). The summed E-state index contributed by atoms with van der Waals surface area (Å²) in [5.74, 6) is 0.0597. The van der Waals surface area contributed by atoms with Gasteiger partial charge in [-0.3, -0.25) is 4.79 Å². The predicted octanol–water partition coefficient (Wildman–Crippen LogP) is 3.17. The minimum absolute atomic E-state index is 0.165. The van der Waals surface area contributed by atoms with E-state index in [1.807, 2.05) is 24.3 Å². The quantitative estimate of drug-likeness (QED) is 0.697. The number of hydrogen-bond acceptors (Lipinski definition) is 3. The van der Waals surface area contributed by atoms with Gasteiger partial charge >= 0.3 is 5.97 Å². The molecule has 1 aromatic carbocycles. The van der Waals surface area contributed by atoms with E-state index >= 15 is 0 Å². The molecule has 0 aliphatic carbocycles. The number of carboxylic acid groups (broad SMARTS) is 1. The first-order valence-electron chi connectivity index (χ1n) is 6.78. The molecule has 0 aliphatic rings. The SMILES string of the molecule is CCCCCN(CCC(=O)O)c1ccc(OC)cc1. The molecule has 0 aliphatic heterocycles. The number of hydrogen-bond donors (Lipinski definition) is 1. The number of carbonyl (C=O) groups is 1. The van der Waals surface area contributed by atoms with Gasteiger partial charge in [0, 0.05) is 18.8 Å². The molecule has 0 bridgehead atoms. The third-order valence-electron chi connectivity index (χ3n) is 3.06. The summed E-state index contributed by atoms with van der Waals surface area (Å²) >= 11 is 0. The molecule has 0 saturated carbocycles. The number of benzene rings is 1. The Labute approximate surface area is 115 Å². The maximum atomic E-state index is 10.7. The zero-order valence-electron chi connectivity index (χ0n) is 11.8. The topological polar surface area (TPSA) is 49.8 Å². The van der Waals surface area contributed by atoms with Crippen LogP contribution in [-0.2, 0) is 4.79 Å². The first kappa shape index (κ1) is 15.3. The van der Waals surface area contributed by atoms with Crippen molar-refractivity contribution in [1.29, 1.82) is 0 Å². The van der Waals surface area contributed by atoms with E-state index in [0.717, 1.165) is 30.8 Å². The van der Waals surface area contributed by atoms with E-state index in [-0.39, 0.29) is 6.42 Å². The molecule has 4 nitrogen and oxygen atoms in total. The molecule has 0 aromatic heterocycles. The standard InChI is InChI=1S/C15H23NO3/c1-3-4-5-11-16(12-10-15(17)18)13-6-8-14(19-2)9-7-13/h6-9H,3-5,10-12H2,1-2H3,(H,17,18). The fourth-order valence-corrected chi connectivity index (χ4v) is 1.95. The Balaban J connectivity index is 2.66. The lowest BCUT2D eigenvalue weighted by molar-refractivity contribution is -0.136. The van der Waals surface area contributed by atoms with E-state index in [1.165, 1.54) is 6.42 Å². The van der Waals surface area contributed by atoms with Gasteiger partial charge in [0.15, 0.2) is 0 Å². The van der Waals surface area contributed by atoms with Crippen LogP contribution < -0.4 is 9.64 Å². The molecule has 0 fully saturated rings. The highest BCUT2D eigenvalue weighted by Crippen LogP contribution is 2.20. The van der Waals surface area contributed by atoms with Crippen LogP contribution in [0, 0.1) is 0 Å². The minimum atomic E-state index is -0.756. The number of rotatable bonds is 9. The maximum Gasteiger partial charge on any atom is 0.305 e. The third-order valence-corrected chi connectivity index (χ3v) is 3.06. The van der Waals surface area contributed by atoms with Crippen molar-refractivity contribution in [1.82, 2.24) is 0 Å². The molecule has 1 aromatic rings. The Morgan fingerprint density at radius 2 is 1.89 bits per heavy atom. The lowest BCUT2D eigenvalue weighted by Crippen LogP contribution is -2.27. The first-order valence-corrected chi connectivity index (χ1v) is 6.78. The van der Waals surface area contributed by atoms with Gasteiger partial charge in [-0.05, 0) is 30.7 Å². The molecule has 0 spiro atoms. The Hall–Kier alpha value is -1.71. The highest BCUT2D eigenvalue weighted by Gasteiger charge is 2.08. The predicted molar refractivity (Wildman–Crippen MR) is 77.0 cm³/mol. The molecular formula is C15H23NO3. The Bertz CT molecular complexity index is 375. The highest BCUT2D eigenvalue weighted by atomic mass is 16.5. The molecule has 0 unspecified atom stereocenters. The summed E-state index contributed by atoms with van der Waals surface area (Å²) in [5.41, 5.74) is 1.05. The second-order valence-electron chi connectivity index (χ2n) is 4.54. The van der Waals surface area contributed by atoms with E-state index in [4.69, 9.17) is 9.84 Å². The lowest BCUT2D eigenvalue weighted by Gasteiger charge is -2.24. The number of ether oxygens (including phenoxy) is 1. The summed E-state index contributed by atoms with van der Waals surface area (Å²) in [5, 5.41) is 8.82. The molecule has 0 radical (unpaired) electrons. The number of nitrogens with zero attached hydrogens (tertiary/aromatic N) is 1. The van der Waals surface area contributed by atoms with E-state index in [2.05, 4.69) is 11.8 Å². The number of aliphatic carboxylic acids is 1. The Kier molecular flexibility index (Phi) is 6.79. The summed E-state index contributed by atoms with van der Waals surface area (Å²) < 4.78 is 5.13. The first-order chi connectivity index (χ1) is 9.17. The third kappa shape index (κ3) is 5.64. The monoisotopic (exact) mass is 265 g/mol. The second kappa shape index (κ2) is 8.40. The molecule has 0 amide bonds. The van der Waals surface area contributed by atoms with Crippen LogP contribution in [0.2, 0.25) is 0 Å². The number of anilines is 1. The van der Waals surface area contributed by atoms with Gasteiger partial charge < -0.3 is 14.7 Å². The van der Waals surface area contributed by atoms with E-state index in [1.54, 1.807) is 7.11 Å². The van der Waals surface area contributed by atoms with Crippen LogP contribution in [0.25, 0.3) is 0 Å². The van der Waals surface area contributed by atoms with Crippen LogP contribution in [-0.4, -0.2) is 31.3 Å². The number of unbranched alkanes of at least 4 members (excludes halogenated alkanes) is 2. The molecule has 19 heavy (non-hydrogen) atoms. The van der Waals surface area contributed by atoms with Gasteiger partial charge in [-0.2, -0.15) is 0 Å². The van der Waals surface area contributed by atoms with Crippen LogP contribution in [0.4, 0.5) is 5.69 Å². The average molecular weight is 265 g/mol. The maximum absolute atomic E-state index is 10.7. The van der Waals surface area contributed by atoms with E-state index < -0.39 is 5.97 Å². The Morgan fingerprint density at radius 3 is 2.42 bits per heavy atom. The molecule has 106 valence electrons. The summed E-state index contributed by atoms with van der Waals surface area (Å²) in [6, 6.07) is 7.77. The van der Waals surface area contributed by atoms with Crippen LogP contribution in [0.3, 0.4) is 0 Å². The molecule has 0 atom stereocenters. The lowest BCUT2D eigenvalue weighted by atomic mass is 10.2. The summed E-state index contributed by atoms with van der Waals surface area (Å²) in [6.07, 6.45) is 3.58. The fourth-order valence-electron chi connectivity index (χ4n) is 1.95. The van der Waals surface area contributed by atoms with Gasteiger partial charge in [0.25, 0.3) is 0 Å². The van der Waals surface area contributed by atoms with Gasteiger partial charge in [-0.1, -0.05) is 19.8 Å². The summed E-state index contributed by atoms with van der Waals surface area (Å²) in [7, 11) is 1.64. The van der Waals surface area contributed by atoms with E-state index in [9.17, 15) is 4.79 Å². The van der Waals surface area contributed by atoms with Crippen LogP contribution in [0.15, 0.2) is 24.3 Å². The fraction of sp³-hybridized carbons (Fsp3) is 0.533. The average Bonchev–Trinajstić information content (AvgIpc) is 2.42. The van der Waals surface area contributed by atoms with Gasteiger partial charge in [0.1, 0.15) is 5.75 Å². The van der Waals surface area contributed by atoms with Gasteiger partial charge in [-0.25, -0.2) is 0 Å². The summed E-state index contributed by atoms with van der Waals surface area (Å²) in [6.45, 7) is 3.60. The van der Waals surface area contributed by atoms with Crippen molar-refractivity contribution in [3.8, 4) is 5.75 Å². The van der Waals surface area contributed by atoms with Gasteiger partial charge in [0.05, 0.1) is 13.5 Å². The zero-order chi connectivity index (χ0) is 14.1. The molecule has 0 heterocycles. The van der Waals surface area contributed by atoms with Gasteiger partial charge in [-0.15, -0.1) is 0 Å². The van der Waals surface area contributed by atoms with Crippen LogP contribution in [0.5, 0.6) is 5.75 Å². The smallest absolute Gasteiger partial charge is 0.305 e. The molecule has 4 heteroatoms. The van der Waals surface area contributed by atoms with Gasteiger partial charge in [0.2, 0.25) is 0 Å². The minimum Gasteiger partial charge on any atom is -0.497 e. The largest absolute Gasteiger partial charge is 0.497 e.